The van der Waals surface area contributed by atoms with Crippen molar-refractivity contribution in [3.05, 3.63) is 57.2 Å². The summed E-state index contributed by atoms with van der Waals surface area (Å²) in [6, 6.07) is 12.3. The Morgan fingerprint density at radius 1 is 1.13 bits per heavy atom. The smallest absolute Gasteiger partial charge is 0.0409 e. The van der Waals surface area contributed by atoms with E-state index in [0.29, 0.717) is 0 Å². The molecule has 0 bridgehead atoms. The predicted molar refractivity (Wildman–Crippen MR) is 70.8 cm³/mol. The Kier molecular flexibility index (Phi) is 4.12. The van der Waals surface area contributed by atoms with Gasteiger partial charge in [0.15, 0.2) is 0 Å². The zero-order valence-corrected chi connectivity index (χ0v) is 10.5. The second kappa shape index (κ2) is 5.59. The Hall–Kier alpha value is -0.440. The molecule has 0 amide bonds. The molecule has 0 N–H and O–H groups in total. The van der Waals surface area contributed by atoms with Gasteiger partial charge in [-0.05, 0) is 29.1 Å². The van der Waals surface area contributed by atoms with Crippen LogP contribution in [0, 0.1) is 0 Å². The average Bonchev–Trinajstić information content (AvgIpc) is 2.71. The van der Waals surface area contributed by atoms with Crippen molar-refractivity contribution in [3.63, 3.8) is 0 Å². The highest BCUT2D eigenvalue weighted by Crippen LogP contribution is 2.22. The van der Waals surface area contributed by atoms with E-state index in [2.05, 4.69) is 23.6 Å². The number of hydrogen-bond donors (Lipinski definition) is 0. The molecule has 1 aromatic heterocycles. The molecule has 0 atom stereocenters. The van der Waals surface area contributed by atoms with Gasteiger partial charge in [0.2, 0.25) is 0 Å². The fourth-order valence-electron chi connectivity index (χ4n) is 1.29. The first-order valence-electron chi connectivity index (χ1n) is 4.69. The van der Waals surface area contributed by atoms with Crippen LogP contribution in [0.4, 0.5) is 0 Å². The summed E-state index contributed by atoms with van der Waals surface area (Å²) in [5.41, 5.74) is 1.30. The summed E-state index contributed by atoms with van der Waals surface area (Å²) in [6.07, 6.45) is 0. The molecule has 0 nitrogen and oxygen atoms in total. The number of thioether (sulfide) groups is 1. The van der Waals surface area contributed by atoms with E-state index in [9.17, 15) is 0 Å². The van der Waals surface area contributed by atoms with Gasteiger partial charge in [-0.3, -0.25) is 0 Å². The highest BCUT2D eigenvalue weighted by Gasteiger charge is 1.97. The first kappa shape index (κ1) is 11.1. The lowest BCUT2D eigenvalue weighted by Crippen LogP contribution is -1.80. The quantitative estimate of drug-likeness (QED) is 0.753. The Morgan fingerprint density at radius 2 is 2.07 bits per heavy atom. The monoisotopic (exact) mass is 254 g/mol. The lowest BCUT2D eigenvalue weighted by atomic mass is 10.2. The molecule has 0 aliphatic heterocycles. The van der Waals surface area contributed by atoms with E-state index in [1.165, 1.54) is 10.4 Å². The van der Waals surface area contributed by atoms with E-state index >= 15 is 0 Å². The normalized spacial score (nSPS) is 10.5. The van der Waals surface area contributed by atoms with Gasteiger partial charge in [0, 0.05) is 21.4 Å². The zero-order valence-electron chi connectivity index (χ0n) is 8.15. The second-order valence-electron chi connectivity index (χ2n) is 3.20. The summed E-state index contributed by atoms with van der Waals surface area (Å²) in [6.45, 7) is 0. The molecular weight excluding hydrogens is 244 g/mol. The molecule has 3 heteroatoms. The van der Waals surface area contributed by atoms with Gasteiger partial charge in [0.05, 0.1) is 0 Å². The van der Waals surface area contributed by atoms with Crippen molar-refractivity contribution in [2.24, 2.45) is 0 Å². The Labute approximate surface area is 103 Å². The maximum absolute atomic E-state index is 5.92. The Bertz CT molecular complexity index is 409. The van der Waals surface area contributed by atoms with E-state index in [4.69, 9.17) is 11.6 Å². The molecule has 2 aromatic rings. The molecule has 0 fully saturated rings. The molecule has 78 valence electrons. The summed E-state index contributed by atoms with van der Waals surface area (Å²) in [4.78, 5) is 1.43. The fraction of sp³-hybridized carbons (Fsp3) is 0.167. The SMILES string of the molecule is Clc1cccc(CSCc2cccs2)c1. The first-order chi connectivity index (χ1) is 7.34. The zero-order chi connectivity index (χ0) is 10.5. The number of halogens is 1. The van der Waals surface area contributed by atoms with Gasteiger partial charge >= 0.3 is 0 Å². The molecule has 0 unspecified atom stereocenters. The van der Waals surface area contributed by atoms with Crippen molar-refractivity contribution in [1.82, 2.24) is 0 Å². The van der Waals surface area contributed by atoms with E-state index in [-0.39, 0.29) is 0 Å². The Balaban J connectivity index is 1.83. The highest BCUT2D eigenvalue weighted by atomic mass is 35.5. The fourth-order valence-corrected chi connectivity index (χ4v) is 3.33. The standard InChI is InChI=1S/C12H11ClS2/c13-11-4-1-3-10(7-11)8-14-9-12-5-2-6-15-12/h1-7H,8-9H2. The van der Waals surface area contributed by atoms with Crippen molar-refractivity contribution in [3.8, 4) is 0 Å². The summed E-state index contributed by atoms with van der Waals surface area (Å²) in [5, 5.41) is 2.94. The van der Waals surface area contributed by atoms with E-state index in [0.717, 1.165) is 16.5 Å². The third-order valence-corrected chi connectivity index (χ3v) is 4.33. The maximum atomic E-state index is 5.92. The molecular formula is C12H11ClS2. The van der Waals surface area contributed by atoms with Crippen molar-refractivity contribution in [1.29, 1.82) is 0 Å². The third kappa shape index (κ3) is 3.56. The lowest BCUT2D eigenvalue weighted by Gasteiger charge is -2.00. The van der Waals surface area contributed by atoms with Crippen LogP contribution in [-0.4, -0.2) is 0 Å². The molecule has 0 spiro atoms. The molecule has 2 rings (SSSR count). The first-order valence-corrected chi connectivity index (χ1v) is 7.10. The minimum Gasteiger partial charge on any atom is -0.152 e. The van der Waals surface area contributed by atoms with Crippen LogP contribution in [0.5, 0.6) is 0 Å². The molecule has 1 heterocycles. The summed E-state index contributed by atoms with van der Waals surface area (Å²) < 4.78 is 0. The predicted octanol–water partition coefficient (Wildman–Crippen LogP) is 4.83. The molecule has 1 aromatic carbocycles. The van der Waals surface area contributed by atoms with Gasteiger partial charge < -0.3 is 0 Å². The Morgan fingerprint density at radius 3 is 2.80 bits per heavy atom. The minimum atomic E-state index is 0.823. The van der Waals surface area contributed by atoms with Crippen LogP contribution >= 0.6 is 34.7 Å². The van der Waals surface area contributed by atoms with Crippen LogP contribution in [0.2, 0.25) is 5.02 Å². The van der Waals surface area contributed by atoms with Gasteiger partial charge in [0.1, 0.15) is 0 Å². The van der Waals surface area contributed by atoms with E-state index in [1.54, 1.807) is 0 Å². The van der Waals surface area contributed by atoms with E-state index in [1.807, 2.05) is 41.3 Å². The van der Waals surface area contributed by atoms with Crippen LogP contribution in [0.1, 0.15) is 10.4 Å². The van der Waals surface area contributed by atoms with Crippen LogP contribution in [-0.2, 0) is 11.5 Å². The second-order valence-corrected chi connectivity index (χ2v) is 5.66. The molecule has 0 radical (unpaired) electrons. The number of rotatable bonds is 4. The van der Waals surface area contributed by atoms with Crippen LogP contribution in [0.25, 0.3) is 0 Å². The molecule has 15 heavy (non-hydrogen) atoms. The van der Waals surface area contributed by atoms with Crippen LogP contribution in [0.3, 0.4) is 0 Å². The highest BCUT2D eigenvalue weighted by molar-refractivity contribution is 7.97. The number of thiophene rings is 1. The molecule has 0 saturated heterocycles. The topological polar surface area (TPSA) is 0 Å². The van der Waals surface area contributed by atoms with Gasteiger partial charge in [-0.1, -0.05) is 29.8 Å². The van der Waals surface area contributed by atoms with Crippen LogP contribution in [0.15, 0.2) is 41.8 Å². The van der Waals surface area contributed by atoms with Crippen molar-refractivity contribution in [2.45, 2.75) is 11.5 Å². The summed E-state index contributed by atoms with van der Waals surface area (Å²) in [5.74, 6) is 2.11. The van der Waals surface area contributed by atoms with Crippen molar-refractivity contribution < 1.29 is 0 Å². The van der Waals surface area contributed by atoms with Crippen molar-refractivity contribution in [2.75, 3.05) is 0 Å². The lowest BCUT2D eigenvalue weighted by molar-refractivity contribution is 1.40. The molecule has 0 aliphatic rings. The summed E-state index contributed by atoms with van der Waals surface area (Å²) >= 11 is 9.65. The third-order valence-electron chi connectivity index (χ3n) is 1.98. The maximum Gasteiger partial charge on any atom is 0.0409 e. The molecule has 0 saturated carbocycles. The number of benzene rings is 1. The van der Waals surface area contributed by atoms with Gasteiger partial charge in [-0.2, -0.15) is 11.8 Å². The van der Waals surface area contributed by atoms with Crippen LogP contribution < -0.4 is 0 Å². The van der Waals surface area contributed by atoms with Gasteiger partial charge in [-0.25, -0.2) is 0 Å². The largest absolute Gasteiger partial charge is 0.152 e. The van der Waals surface area contributed by atoms with Gasteiger partial charge in [0.25, 0.3) is 0 Å². The van der Waals surface area contributed by atoms with E-state index < -0.39 is 0 Å². The van der Waals surface area contributed by atoms with Crippen molar-refractivity contribution >= 4 is 34.7 Å². The number of hydrogen-bond acceptors (Lipinski definition) is 2. The molecule has 0 aliphatic carbocycles. The van der Waals surface area contributed by atoms with Gasteiger partial charge in [-0.15, -0.1) is 11.3 Å². The minimum absolute atomic E-state index is 0.823. The average molecular weight is 255 g/mol. The summed E-state index contributed by atoms with van der Waals surface area (Å²) in [7, 11) is 0.